The second kappa shape index (κ2) is 9.88. The number of benzene rings is 2. The minimum atomic E-state index is -0.694. The van der Waals surface area contributed by atoms with Crippen molar-refractivity contribution in [1.29, 1.82) is 0 Å². The van der Waals surface area contributed by atoms with Crippen molar-refractivity contribution < 1.29 is 9.84 Å². The summed E-state index contributed by atoms with van der Waals surface area (Å²) in [5.74, 6) is 0.871. The van der Waals surface area contributed by atoms with Gasteiger partial charge in [-0.25, -0.2) is 4.68 Å². The highest BCUT2D eigenvalue weighted by Gasteiger charge is 2.22. The van der Waals surface area contributed by atoms with Crippen LogP contribution < -0.4 is 15.2 Å². The van der Waals surface area contributed by atoms with E-state index in [1.165, 1.54) is 4.68 Å². The average Bonchev–Trinajstić information content (AvgIpc) is 2.76. The molecule has 160 valence electrons. The molecule has 1 unspecified atom stereocenters. The van der Waals surface area contributed by atoms with E-state index in [1.807, 2.05) is 24.3 Å². The SMILES string of the molecule is COc1ccccc1N1CCN(CC(O)Cn2nnc3ccccc3c2=O)CC1.Cl. The van der Waals surface area contributed by atoms with Crippen molar-refractivity contribution in [2.75, 3.05) is 44.7 Å². The molecule has 0 amide bonds. The van der Waals surface area contributed by atoms with E-state index in [4.69, 9.17) is 4.74 Å². The van der Waals surface area contributed by atoms with Crippen molar-refractivity contribution in [3.05, 3.63) is 58.9 Å². The topological polar surface area (TPSA) is 83.7 Å². The number of halogens is 1. The van der Waals surface area contributed by atoms with Crippen molar-refractivity contribution in [2.24, 2.45) is 0 Å². The van der Waals surface area contributed by atoms with Crippen LogP contribution in [0.1, 0.15) is 0 Å². The summed E-state index contributed by atoms with van der Waals surface area (Å²) < 4.78 is 6.71. The summed E-state index contributed by atoms with van der Waals surface area (Å²) in [7, 11) is 1.68. The van der Waals surface area contributed by atoms with E-state index in [0.717, 1.165) is 37.6 Å². The number of para-hydroxylation sites is 2. The average molecular weight is 432 g/mol. The van der Waals surface area contributed by atoms with E-state index >= 15 is 0 Å². The highest BCUT2D eigenvalue weighted by Crippen LogP contribution is 2.28. The fourth-order valence-electron chi connectivity index (χ4n) is 3.76. The van der Waals surface area contributed by atoms with Crippen LogP contribution in [0.5, 0.6) is 5.75 Å². The molecule has 1 fully saturated rings. The molecule has 0 saturated carbocycles. The van der Waals surface area contributed by atoms with Gasteiger partial charge >= 0.3 is 0 Å². The Kier molecular flexibility index (Phi) is 7.25. The molecule has 3 aromatic rings. The predicted octanol–water partition coefficient (Wildman–Crippen LogP) is 1.40. The van der Waals surface area contributed by atoms with Crippen molar-refractivity contribution in [1.82, 2.24) is 19.9 Å². The lowest BCUT2D eigenvalue weighted by molar-refractivity contribution is 0.0901. The van der Waals surface area contributed by atoms with E-state index in [-0.39, 0.29) is 24.5 Å². The molecule has 4 rings (SSSR count). The van der Waals surface area contributed by atoms with Crippen LogP contribution in [0, 0.1) is 0 Å². The summed E-state index contributed by atoms with van der Waals surface area (Å²) in [6.07, 6.45) is -0.694. The maximum atomic E-state index is 12.5. The van der Waals surface area contributed by atoms with Crippen molar-refractivity contribution in [2.45, 2.75) is 12.6 Å². The second-order valence-corrected chi connectivity index (χ2v) is 7.21. The van der Waals surface area contributed by atoms with Crippen molar-refractivity contribution in [3.8, 4) is 5.75 Å². The molecule has 1 aliphatic rings. The maximum absolute atomic E-state index is 12.5. The third-order valence-corrected chi connectivity index (χ3v) is 5.28. The Balaban J connectivity index is 0.00000256. The first-order valence-electron chi connectivity index (χ1n) is 9.76. The van der Waals surface area contributed by atoms with Gasteiger partial charge in [0.05, 0.1) is 30.8 Å². The lowest BCUT2D eigenvalue weighted by Gasteiger charge is -2.37. The van der Waals surface area contributed by atoms with Crippen molar-refractivity contribution >= 4 is 29.0 Å². The number of fused-ring (bicyclic) bond motifs is 1. The first kappa shape index (κ1) is 22.0. The molecule has 2 aromatic carbocycles. The summed E-state index contributed by atoms with van der Waals surface area (Å²) in [6, 6.07) is 15.1. The Labute approximate surface area is 181 Å². The van der Waals surface area contributed by atoms with Gasteiger partial charge in [0.1, 0.15) is 11.3 Å². The minimum Gasteiger partial charge on any atom is -0.495 e. The maximum Gasteiger partial charge on any atom is 0.277 e. The number of β-amino-alcohol motifs (C(OH)–C–C–N with tert-alkyl or cyclic N) is 1. The molecule has 8 nitrogen and oxygen atoms in total. The number of hydrogen-bond acceptors (Lipinski definition) is 7. The van der Waals surface area contributed by atoms with Crippen LogP contribution >= 0.6 is 12.4 Å². The van der Waals surface area contributed by atoms with Gasteiger partial charge in [0.15, 0.2) is 0 Å². The Bertz CT molecular complexity index is 1040. The van der Waals surface area contributed by atoms with Gasteiger partial charge in [-0.3, -0.25) is 9.69 Å². The molecule has 0 bridgehead atoms. The standard InChI is InChI=1S/C21H25N5O3.ClH/c1-29-20-9-5-4-8-19(20)25-12-10-24(11-13-25)14-16(27)15-26-21(28)17-6-2-3-7-18(17)22-23-26;/h2-9,16,27H,10-15H2,1H3;1H. The Morgan fingerprint density at radius 3 is 2.50 bits per heavy atom. The van der Waals surface area contributed by atoms with E-state index in [1.54, 1.807) is 25.3 Å². The number of hydrogen-bond donors (Lipinski definition) is 1. The van der Waals surface area contributed by atoms with E-state index in [9.17, 15) is 9.90 Å². The molecular formula is C21H26ClN5O3. The number of nitrogens with zero attached hydrogens (tertiary/aromatic N) is 5. The monoisotopic (exact) mass is 431 g/mol. The highest BCUT2D eigenvalue weighted by atomic mass is 35.5. The van der Waals surface area contributed by atoms with Crippen LogP contribution in [0.4, 0.5) is 5.69 Å². The molecule has 1 N–H and O–H groups in total. The normalized spacial score (nSPS) is 15.6. The predicted molar refractivity (Wildman–Crippen MR) is 119 cm³/mol. The largest absolute Gasteiger partial charge is 0.495 e. The summed E-state index contributed by atoms with van der Waals surface area (Å²) in [6.45, 7) is 3.97. The molecule has 1 atom stereocenters. The summed E-state index contributed by atoms with van der Waals surface area (Å²) in [4.78, 5) is 17.0. The summed E-state index contributed by atoms with van der Waals surface area (Å²) in [5.41, 5.74) is 1.43. The zero-order chi connectivity index (χ0) is 20.2. The Hall–Kier alpha value is -2.68. The molecule has 0 radical (unpaired) electrons. The molecule has 2 heterocycles. The molecule has 30 heavy (non-hydrogen) atoms. The zero-order valence-corrected chi connectivity index (χ0v) is 17.7. The first-order chi connectivity index (χ1) is 14.2. The molecule has 0 spiro atoms. The molecule has 1 saturated heterocycles. The number of anilines is 1. The summed E-state index contributed by atoms with van der Waals surface area (Å²) in [5, 5.41) is 19.1. The van der Waals surface area contributed by atoms with Crippen LogP contribution in [0.2, 0.25) is 0 Å². The zero-order valence-electron chi connectivity index (χ0n) is 16.8. The van der Waals surface area contributed by atoms with E-state index in [0.29, 0.717) is 17.4 Å². The van der Waals surface area contributed by atoms with Crippen LogP contribution in [0.3, 0.4) is 0 Å². The number of piperazine rings is 1. The van der Waals surface area contributed by atoms with Gasteiger partial charge < -0.3 is 14.7 Å². The first-order valence-corrected chi connectivity index (χ1v) is 9.76. The smallest absolute Gasteiger partial charge is 0.277 e. The Morgan fingerprint density at radius 2 is 1.73 bits per heavy atom. The fraction of sp³-hybridized carbons (Fsp3) is 0.381. The highest BCUT2D eigenvalue weighted by molar-refractivity contribution is 5.85. The third kappa shape index (κ3) is 4.72. The van der Waals surface area contributed by atoms with Gasteiger partial charge in [-0.1, -0.05) is 29.5 Å². The number of aliphatic hydroxyl groups is 1. The number of rotatable bonds is 6. The molecule has 1 aliphatic heterocycles. The quantitative estimate of drug-likeness (QED) is 0.631. The van der Waals surface area contributed by atoms with E-state index < -0.39 is 6.10 Å². The number of aliphatic hydroxyl groups excluding tert-OH is 1. The van der Waals surface area contributed by atoms with Crippen LogP contribution in [-0.4, -0.2) is 70.9 Å². The molecule has 1 aromatic heterocycles. The molecule has 0 aliphatic carbocycles. The number of aromatic nitrogens is 3. The number of methoxy groups -OCH3 is 1. The van der Waals surface area contributed by atoms with Crippen LogP contribution in [0.15, 0.2) is 53.3 Å². The lowest BCUT2D eigenvalue weighted by Crippen LogP contribution is -2.49. The van der Waals surface area contributed by atoms with Gasteiger partial charge in [0.2, 0.25) is 0 Å². The van der Waals surface area contributed by atoms with Gasteiger partial charge in [-0.15, -0.1) is 17.5 Å². The van der Waals surface area contributed by atoms with Gasteiger partial charge in [-0.05, 0) is 24.3 Å². The molecular weight excluding hydrogens is 406 g/mol. The van der Waals surface area contributed by atoms with Crippen molar-refractivity contribution in [3.63, 3.8) is 0 Å². The van der Waals surface area contributed by atoms with Gasteiger partial charge in [0.25, 0.3) is 5.56 Å². The number of ether oxygens (including phenoxy) is 1. The fourth-order valence-corrected chi connectivity index (χ4v) is 3.76. The van der Waals surface area contributed by atoms with E-state index in [2.05, 4.69) is 26.2 Å². The van der Waals surface area contributed by atoms with Crippen LogP contribution in [-0.2, 0) is 6.54 Å². The minimum absolute atomic E-state index is 0. The van der Waals surface area contributed by atoms with Crippen LogP contribution in [0.25, 0.3) is 10.9 Å². The third-order valence-electron chi connectivity index (χ3n) is 5.28. The summed E-state index contributed by atoms with van der Waals surface area (Å²) >= 11 is 0. The lowest BCUT2D eigenvalue weighted by atomic mass is 10.2. The van der Waals surface area contributed by atoms with Gasteiger partial charge in [-0.2, -0.15) is 0 Å². The molecule has 9 heteroatoms. The Morgan fingerprint density at radius 1 is 1.03 bits per heavy atom. The second-order valence-electron chi connectivity index (χ2n) is 7.21. The van der Waals surface area contributed by atoms with Gasteiger partial charge in [0, 0.05) is 32.7 Å².